The van der Waals surface area contributed by atoms with Crippen LogP contribution in [0.2, 0.25) is 0 Å². The zero-order chi connectivity index (χ0) is 76.3. The lowest BCUT2D eigenvalue weighted by molar-refractivity contribution is 0.308. The van der Waals surface area contributed by atoms with Gasteiger partial charge in [0, 0.05) is 23.7 Å². The van der Waals surface area contributed by atoms with E-state index in [1.807, 2.05) is 52.0 Å². The molecule has 111 heavy (non-hydrogen) atoms. The van der Waals surface area contributed by atoms with E-state index in [-0.39, 0.29) is 129 Å². The van der Waals surface area contributed by atoms with E-state index in [9.17, 15) is 52.7 Å². The van der Waals surface area contributed by atoms with Gasteiger partial charge in [-0.1, -0.05) is 241 Å². The summed E-state index contributed by atoms with van der Waals surface area (Å²) in [5.41, 5.74) is 14.8. The molecule has 0 unspecified atom stereocenters. The fourth-order valence-corrected chi connectivity index (χ4v) is 8.58. The third-order valence-corrected chi connectivity index (χ3v) is 15.8. The van der Waals surface area contributed by atoms with Gasteiger partial charge >= 0.3 is 0 Å². The molecule has 0 heterocycles. The average molecular weight is 1570 g/mol. The molecule has 0 amide bonds. The lowest BCUT2D eigenvalue weighted by atomic mass is 9.84. The second-order valence-electron chi connectivity index (χ2n) is 26.1. The summed E-state index contributed by atoms with van der Waals surface area (Å²) in [4.78, 5) is 0. The van der Waals surface area contributed by atoms with E-state index in [0.717, 1.165) is 34.1 Å². The highest BCUT2D eigenvalue weighted by Gasteiger charge is 2.13. The van der Waals surface area contributed by atoms with E-state index in [1.54, 1.807) is 79.7 Å². The molecule has 0 bridgehead atoms. The van der Waals surface area contributed by atoms with Crippen LogP contribution in [0.3, 0.4) is 0 Å². The van der Waals surface area contributed by atoms with Gasteiger partial charge in [-0.2, -0.15) is 0 Å². The van der Waals surface area contributed by atoms with Crippen LogP contribution in [-0.2, 0) is 0 Å². The van der Waals surface area contributed by atoms with Crippen molar-refractivity contribution in [1.82, 2.24) is 0 Å². The topological polar surface area (TPSA) is 0 Å². The number of aryl methyl sites for hydroxylation is 16. The molecule has 0 N–H and O–H groups in total. The van der Waals surface area contributed by atoms with E-state index in [2.05, 4.69) is 90.1 Å². The summed E-state index contributed by atoms with van der Waals surface area (Å²) in [6, 6.07) is 48.4. The quantitative estimate of drug-likeness (QED) is 0.133. The Balaban J connectivity index is -0.0000000972. The second-order valence-corrected chi connectivity index (χ2v) is 26.1. The molecule has 0 atom stereocenters. The van der Waals surface area contributed by atoms with E-state index >= 15 is 0 Å². The molecule has 630 valence electrons. The Morgan fingerprint density at radius 3 is 0.387 bits per heavy atom. The first kappa shape index (κ1) is 126. The predicted molar refractivity (Wildman–Crippen MR) is 472 cm³/mol. The second kappa shape index (κ2) is 65.0. The zero-order valence-corrected chi connectivity index (χ0v) is 62.7. The van der Waals surface area contributed by atoms with Crippen LogP contribution >= 0.6 is 0 Å². The van der Waals surface area contributed by atoms with Gasteiger partial charge < -0.3 is 0 Å². The van der Waals surface area contributed by atoms with Gasteiger partial charge in [0.1, 0.15) is 69.8 Å². The largest absolute Gasteiger partial charge is 0.207 e. The van der Waals surface area contributed by atoms with E-state index in [1.165, 1.54) is 148 Å². The van der Waals surface area contributed by atoms with E-state index in [4.69, 9.17) is 0 Å². The molecule has 1 saturated carbocycles. The first-order chi connectivity index (χ1) is 46.6. The number of hydrogen-bond donors (Lipinski definition) is 0. The molecule has 0 nitrogen and oxygen atoms in total. The molecular formula is C99H150F12. The van der Waals surface area contributed by atoms with E-state index in [0.29, 0.717) is 44.5 Å². The maximum absolute atomic E-state index is 12.6. The SMILES string of the molecule is C.C.C.C.C.C.C.C.C.C.C.CC1CCC(C)CC1.Cc1cc(F)c(C)c(F)c1.Cc1cc(F)c(C)c(F)c1.Cc1cc(F)c(C)c(F)c1.Cc1cc(F)c(C)c(F)c1.Cc1ccc(C)c(F)c1.Cc1ccc(C)c(F)c1.Cc1ccc(C)c(F)c1.Cc1ccc(C)c(F)c1.Cc1ccc(C)cc1.Cc1ccc(C)cc1.[HH]. The number of halogens is 12. The van der Waals surface area contributed by atoms with Crippen molar-refractivity contribution >= 4 is 0 Å². The molecule has 0 saturated heterocycles. The molecule has 12 heteroatoms. The van der Waals surface area contributed by atoms with Crippen LogP contribution in [0.4, 0.5) is 52.7 Å². The molecule has 0 radical (unpaired) electrons. The van der Waals surface area contributed by atoms with Crippen molar-refractivity contribution in [2.75, 3.05) is 0 Å². The molecule has 10 aromatic carbocycles. The molecule has 10 aromatic rings. The van der Waals surface area contributed by atoms with Crippen molar-refractivity contribution in [1.29, 1.82) is 0 Å². The first-order valence-electron chi connectivity index (χ1n) is 33.3. The molecule has 0 aromatic heterocycles. The summed E-state index contributed by atoms with van der Waals surface area (Å²) >= 11 is 0. The van der Waals surface area contributed by atoms with Gasteiger partial charge in [0.25, 0.3) is 0 Å². The fraction of sp³-hybridized carbons (Fsp3) is 0.394. The Morgan fingerprint density at radius 1 is 0.171 bits per heavy atom. The minimum Gasteiger partial charge on any atom is -0.207 e. The molecular weight excluding hydrogens is 1420 g/mol. The van der Waals surface area contributed by atoms with Crippen LogP contribution in [0.25, 0.3) is 0 Å². The Kier molecular flexibility index (Phi) is 73.7. The van der Waals surface area contributed by atoms with Crippen LogP contribution in [0.5, 0.6) is 0 Å². The van der Waals surface area contributed by atoms with Crippen molar-refractivity contribution in [3.05, 3.63) is 351 Å². The van der Waals surface area contributed by atoms with Crippen molar-refractivity contribution < 1.29 is 54.1 Å². The summed E-state index contributed by atoms with van der Waals surface area (Å²) in [6.45, 7) is 40.0. The Labute approximate surface area is 673 Å². The summed E-state index contributed by atoms with van der Waals surface area (Å²) in [7, 11) is 0. The lowest BCUT2D eigenvalue weighted by Crippen LogP contribution is -2.08. The molecule has 1 aliphatic carbocycles. The molecule has 0 spiro atoms. The minimum atomic E-state index is -0.475. The van der Waals surface area contributed by atoms with Crippen molar-refractivity contribution in [2.45, 2.75) is 260 Å². The predicted octanol–water partition coefficient (Wildman–Crippen LogP) is 34.8. The first-order valence-corrected chi connectivity index (χ1v) is 33.3. The van der Waals surface area contributed by atoms with Gasteiger partial charge in [-0.05, 0) is 290 Å². The molecule has 1 fully saturated rings. The maximum atomic E-state index is 12.6. The van der Waals surface area contributed by atoms with E-state index < -0.39 is 46.5 Å². The van der Waals surface area contributed by atoms with Crippen LogP contribution in [0.15, 0.2) is 170 Å². The molecule has 0 aliphatic heterocycles. The number of benzene rings is 10. The Bertz CT molecular complexity index is 3470. The summed E-state index contributed by atoms with van der Waals surface area (Å²) < 4.78 is 151. The average Bonchev–Trinajstić information content (AvgIpc) is 0.882. The monoisotopic (exact) mass is 1570 g/mol. The third-order valence-electron chi connectivity index (χ3n) is 15.8. The van der Waals surface area contributed by atoms with Gasteiger partial charge in [-0.3, -0.25) is 0 Å². The van der Waals surface area contributed by atoms with Gasteiger partial charge in [-0.15, -0.1) is 0 Å². The van der Waals surface area contributed by atoms with Crippen molar-refractivity contribution in [2.24, 2.45) is 11.8 Å². The maximum Gasteiger partial charge on any atom is 0.129 e. The smallest absolute Gasteiger partial charge is 0.129 e. The number of hydrogen-bond acceptors (Lipinski definition) is 0. The Hall–Kier alpha value is -8.64. The normalized spacial score (nSPS) is 10.9. The van der Waals surface area contributed by atoms with Crippen LogP contribution in [-0.4, -0.2) is 0 Å². The lowest BCUT2D eigenvalue weighted by Gasteiger charge is -2.22. The number of rotatable bonds is 0. The molecule has 11 rings (SSSR count). The third kappa shape index (κ3) is 53.0. The summed E-state index contributed by atoms with van der Waals surface area (Å²) in [5.74, 6) is -2.22. The van der Waals surface area contributed by atoms with Gasteiger partial charge in [0.15, 0.2) is 0 Å². The van der Waals surface area contributed by atoms with Crippen LogP contribution < -0.4 is 0 Å². The van der Waals surface area contributed by atoms with Gasteiger partial charge in [-0.25, -0.2) is 52.7 Å². The Morgan fingerprint density at radius 2 is 0.279 bits per heavy atom. The fourth-order valence-electron chi connectivity index (χ4n) is 8.58. The van der Waals surface area contributed by atoms with Gasteiger partial charge in [0.05, 0.1) is 0 Å². The summed E-state index contributed by atoms with van der Waals surface area (Å²) in [6.07, 6.45) is 5.89. The van der Waals surface area contributed by atoms with Crippen molar-refractivity contribution in [3.63, 3.8) is 0 Å². The van der Waals surface area contributed by atoms with Gasteiger partial charge in [0.2, 0.25) is 0 Å². The van der Waals surface area contributed by atoms with Crippen LogP contribution in [0.1, 0.15) is 234 Å². The highest BCUT2D eigenvalue weighted by Crippen LogP contribution is 2.27. The summed E-state index contributed by atoms with van der Waals surface area (Å²) in [5, 5.41) is 0. The van der Waals surface area contributed by atoms with Crippen molar-refractivity contribution in [3.8, 4) is 0 Å². The van der Waals surface area contributed by atoms with Crippen LogP contribution in [0, 0.1) is 220 Å². The zero-order valence-electron chi connectivity index (χ0n) is 62.7. The molecule has 1 aliphatic rings. The highest BCUT2D eigenvalue weighted by atomic mass is 19.2. The minimum absolute atomic E-state index is 0. The highest BCUT2D eigenvalue weighted by molar-refractivity contribution is 5.29. The standard InChI is InChI=1S/4C8H8F2.4C8H9F.C8H16.2C8H10.11CH4.H2/c4*1-5-3-7(9)6(2)8(10)4-5;4*1-6-3-4-7(2)8(9)5-6;3*1-7-3-5-8(2)6-4-7;;;;;;;;;;;;/h4*3-4H,1-2H3;4*3-5H,1-2H3;7-8H,3-6H2,1-2H3;2*3-6H,1-2H3;11*1H4;1H.